The van der Waals surface area contributed by atoms with E-state index in [4.69, 9.17) is 9.47 Å². The molecular formula is C23H30N2O5S. The van der Waals surface area contributed by atoms with Crippen LogP contribution in [0.5, 0.6) is 11.5 Å². The second-order valence-corrected chi connectivity index (χ2v) is 9.85. The molecule has 0 radical (unpaired) electrons. The molecule has 0 spiro atoms. The predicted octanol–water partition coefficient (Wildman–Crippen LogP) is 3.62. The molecule has 3 rings (SSSR count). The fourth-order valence-corrected chi connectivity index (χ4v) is 5.15. The molecular weight excluding hydrogens is 416 g/mol. The second kappa shape index (κ2) is 9.70. The van der Waals surface area contributed by atoms with E-state index in [1.54, 1.807) is 7.11 Å². The van der Waals surface area contributed by atoms with Gasteiger partial charge in [0.2, 0.25) is 10.0 Å². The van der Waals surface area contributed by atoms with Gasteiger partial charge in [0, 0.05) is 13.1 Å². The number of nitrogens with zero attached hydrogens (tertiary/aromatic N) is 1. The van der Waals surface area contributed by atoms with Gasteiger partial charge in [-0.15, -0.1) is 0 Å². The molecule has 1 aliphatic rings. The first-order valence-electron chi connectivity index (χ1n) is 10.4. The maximum atomic E-state index is 13.1. The van der Waals surface area contributed by atoms with Crippen molar-refractivity contribution in [2.45, 2.75) is 37.6 Å². The van der Waals surface area contributed by atoms with Crippen molar-refractivity contribution in [1.82, 2.24) is 9.62 Å². The molecule has 7 nitrogen and oxygen atoms in total. The monoisotopic (exact) mass is 446 g/mol. The number of sulfonamides is 1. The van der Waals surface area contributed by atoms with E-state index in [2.05, 4.69) is 12.2 Å². The molecule has 0 aromatic heterocycles. The van der Waals surface area contributed by atoms with Gasteiger partial charge in [-0.25, -0.2) is 8.42 Å². The topological polar surface area (TPSA) is 84.9 Å². The number of benzene rings is 2. The Kier molecular flexibility index (Phi) is 7.23. The molecule has 1 unspecified atom stereocenters. The van der Waals surface area contributed by atoms with E-state index in [1.165, 1.54) is 29.6 Å². The van der Waals surface area contributed by atoms with Gasteiger partial charge >= 0.3 is 0 Å². The van der Waals surface area contributed by atoms with Crippen molar-refractivity contribution >= 4 is 15.9 Å². The Morgan fingerprint density at radius 1 is 1.06 bits per heavy atom. The Bertz CT molecular complexity index is 1010. The molecule has 1 saturated heterocycles. The summed E-state index contributed by atoms with van der Waals surface area (Å²) in [5, 5.41) is 2.92. The number of piperidine rings is 1. The van der Waals surface area contributed by atoms with Crippen LogP contribution < -0.4 is 14.8 Å². The Hall–Kier alpha value is -2.58. The lowest BCUT2D eigenvalue weighted by Crippen LogP contribution is -2.38. The third-order valence-electron chi connectivity index (χ3n) is 5.76. The van der Waals surface area contributed by atoms with Crippen LogP contribution in [0, 0.1) is 5.92 Å². The number of amides is 1. The molecule has 1 N–H and O–H groups in total. The van der Waals surface area contributed by atoms with Crippen molar-refractivity contribution in [3.05, 3.63) is 53.6 Å². The highest BCUT2D eigenvalue weighted by atomic mass is 32.2. The molecule has 2 aromatic rings. The average Bonchev–Trinajstić information content (AvgIpc) is 2.78. The first kappa shape index (κ1) is 23.1. The maximum absolute atomic E-state index is 13.1. The summed E-state index contributed by atoms with van der Waals surface area (Å²) < 4.78 is 38.2. The zero-order valence-electron chi connectivity index (χ0n) is 18.4. The molecule has 1 aliphatic heterocycles. The summed E-state index contributed by atoms with van der Waals surface area (Å²) in [6.07, 6.45) is 1.67. The van der Waals surface area contributed by atoms with Gasteiger partial charge in [-0.2, -0.15) is 4.31 Å². The van der Waals surface area contributed by atoms with Crippen molar-refractivity contribution in [2.24, 2.45) is 5.92 Å². The minimum absolute atomic E-state index is 0.102. The van der Waals surface area contributed by atoms with Crippen LogP contribution in [-0.2, 0) is 10.0 Å². The Balaban J connectivity index is 1.83. The van der Waals surface area contributed by atoms with Crippen LogP contribution in [0.15, 0.2) is 47.4 Å². The molecule has 1 fully saturated rings. The lowest BCUT2D eigenvalue weighted by Gasteiger charge is -2.29. The zero-order chi connectivity index (χ0) is 22.6. The fourth-order valence-electron chi connectivity index (χ4n) is 3.65. The van der Waals surface area contributed by atoms with Crippen LogP contribution >= 0.6 is 0 Å². The summed E-state index contributed by atoms with van der Waals surface area (Å²) in [5.41, 5.74) is 1.09. The van der Waals surface area contributed by atoms with Crippen LogP contribution in [0.3, 0.4) is 0 Å². The van der Waals surface area contributed by atoms with Gasteiger partial charge in [-0.3, -0.25) is 4.79 Å². The third kappa shape index (κ3) is 5.19. The molecule has 31 heavy (non-hydrogen) atoms. The summed E-state index contributed by atoms with van der Waals surface area (Å²) in [7, 11) is -0.618. The quantitative estimate of drug-likeness (QED) is 0.702. The molecule has 0 saturated carbocycles. The van der Waals surface area contributed by atoms with Gasteiger partial charge in [-0.1, -0.05) is 19.1 Å². The number of nitrogens with one attached hydrogen (secondary N) is 1. The Labute approximate surface area is 184 Å². The highest BCUT2D eigenvalue weighted by Gasteiger charge is 2.29. The Morgan fingerprint density at radius 2 is 1.71 bits per heavy atom. The predicted molar refractivity (Wildman–Crippen MR) is 119 cm³/mol. The van der Waals surface area contributed by atoms with Crippen LogP contribution in [0.4, 0.5) is 0 Å². The highest BCUT2D eigenvalue weighted by molar-refractivity contribution is 7.89. The van der Waals surface area contributed by atoms with Crippen LogP contribution in [0.1, 0.15) is 48.7 Å². The summed E-state index contributed by atoms with van der Waals surface area (Å²) in [6.45, 7) is 4.97. The van der Waals surface area contributed by atoms with E-state index in [1.807, 2.05) is 31.2 Å². The van der Waals surface area contributed by atoms with Gasteiger partial charge in [-0.05, 0) is 61.6 Å². The minimum Gasteiger partial charge on any atom is -0.497 e. The van der Waals surface area contributed by atoms with E-state index in [-0.39, 0.29) is 16.5 Å². The SMILES string of the molecule is COc1ccc(C(C)NC(=O)c2cc(S(=O)(=O)N3CCC(C)CC3)ccc2OC)cc1. The van der Waals surface area contributed by atoms with E-state index in [0.29, 0.717) is 24.8 Å². The highest BCUT2D eigenvalue weighted by Crippen LogP contribution is 2.28. The van der Waals surface area contributed by atoms with Crippen LogP contribution in [0.25, 0.3) is 0 Å². The fraction of sp³-hybridized carbons (Fsp3) is 0.435. The molecule has 8 heteroatoms. The summed E-state index contributed by atoms with van der Waals surface area (Å²) >= 11 is 0. The summed E-state index contributed by atoms with van der Waals surface area (Å²) in [6, 6.07) is 11.5. The molecule has 1 atom stereocenters. The number of rotatable bonds is 7. The number of carbonyl (C=O) groups excluding carboxylic acids is 1. The van der Waals surface area contributed by atoms with Gasteiger partial charge < -0.3 is 14.8 Å². The van der Waals surface area contributed by atoms with E-state index in [9.17, 15) is 13.2 Å². The van der Waals surface area contributed by atoms with Crippen molar-refractivity contribution in [2.75, 3.05) is 27.3 Å². The van der Waals surface area contributed by atoms with Crippen molar-refractivity contribution < 1.29 is 22.7 Å². The van der Waals surface area contributed by atoms with Crippen LogP contribution in [-0.4, -0.2) is 45.9 Å². The third-order valence-corrected chi connectivity index (χ3v) is 7.65. The molecule has 1 heterocycles. The molecule has 0 aliphatic carbocycles. The van der Waals surface area contributed by atoms with Crippen molar-refractivity contribution in [3.63, 3.8) is 0 Å². The van der Waals surface area contributed by atoms with Gasteiger partial charge in [0.25, 0.3) is 5.91 Å². The number of ether oxygens (including phenoxy) is 2. The maximum Gasteiger partial charge on any atom is 0.255 e. The first-order valence-corrected chi connectivity index (χ1v) is 11.8. The van der Waals surface area contributed by atoms with E-state index in [0.717, 1.165) is 24.2 Å². The summed E-state index contributed by atoms with van der Waals surface area (Å²) in [5.74, 6) is 1.17. The minimum atomic E-state index is -3.67. The normalized spacial score (nSPS) is 16.5. The van der Waals surface area contributed by atoms with Gasteiger partial charge in [0.05, 0.1) is 30.7 Å². The van der Waals surface area contributed by atoms with Crippen molar-refractivity contribution in [3.8, 4) is 11.5 Å². The molecule has 168 valence electrons. The molecule has 1 amide bonds. The smallest absolute Gasteiger partial charge is 0.255 e. The number of methoxy groups -OCH3 is 2. The standard InChI is InChI=1S/C23H30N2O5S/c1-16-11-13-25(14-12-16)31(27,28)20-9-10-22(30-4)21(15-20)23(26)24-17(2)18-5-7-19(29-3)8-6-18/h5-10,15-17H,11-14H2,1-4H3,(H,24,26). The largest absolute Gasteiger partial charge is 0.497 e. The van der Waals surface area contributed by atoms with Crippen molar-refractivity contribution in [1.29, 1.82) is 0 Å². The second-order valence-electron chi connectivity index (χ2n) is 7.92. The van der Waals surface area contributed by atoms with Gasteiger partial charge in [0.1, 0.15) is 11.5 Å². The first-order chi connectivity index (χ1) is 14.8. The number of hydrogen-bond acceptors (Lipinski definition) is 5. The van der Waals surface area contributed by atoms with E-state index >= 15 is 0 Å². The Morgan fingerprint density at radius 3 is 2.29 bits per heavy atom. The van der Waals surface area contributed by atoms with Gasteiger partial charge in [0.15, 0.2) is 0 Å². The zero-order valence-corrected chi connectivity index (χ0v) is 19.2. The molecule has 0 bridgehead atoms. The van der Waals surface area contributed by atoms with E-state index < -0.39 is 15.9 Å². The lowest BCUT2D eigenvalue weighted by molar-refractivity contribution is 0.0936. The lowest BCUT2D eigenvalue weighted by atomic mass is 10.0. The molecule has 2 aromatic carbocycles. The summed E-state index contributed by atoms with van der Waals surface area (Å²) in [4.78, 5) is 13.1. The average molecular weight is 447 g/mol. The number of carbonyl (C=O) groups is 1. The van der Waals surface area contributed by atoms with Crippen LogP contribution in [0.2, 0.25) is 0 Å². The number of hydrogen-bond donors (Lipinski definition) is 1.